The van der Waals surface area contributed by atoms with Crippen LogP contribution in [0.25, 0.3) is 0 Å². The number of rotatable bonds is 3. The van der Waals surface area contributed by atoms with Crippen LogP contribution in [0.3, 0.4) is 0 Å². The van der Waals surface area contributed by atoms with Gasteiger partial charge in [0.05, 0.1) is 17.0 Å². The predicted molar refractivity (Wildman–Crippen MR) is 85.0 cm³/mol. The van der Waals surface area contributed by atoms with Crippen LogP contribution < -0.4 is 5.32 Å². The molecule has 2 atom stereocenters. The van der Waals surface area contributed by atoms with Crippen LogP contribution in [0.4, 0.5) is 0 Å². The second-order valence-corrected chi connectivity index (χ2v) is 8.86. The SMILES string of the molecule is CC1(c2ccccc2)CN(CC2CCS(=O)(=O)C2)CCN1. The number of nitrogens with one attached hydrogen (secondary N) is 1. The average Bonchev–Trinajstić information content (AvgIpc) is 2.79. The number of benzene rings is 1. The molecule has 0 amide bonds. The van der Waals surface area contributed by atoms with Crippen molar-refractivity contribution < 1.29 is 8.42 Å². The lowest BCUT2D eigenvalue weighted by Crippen LogP contribution is -2.57. The van der Waals surface area contributed by atoms with Crippen LogP contribution in [-0.4, -0.2) is 51.0 Å². The standard InChI is InChI=1S/C16H24N2O2S/c1-16(15-5-3-2-4-6-15)13-18(9-8-17-16)11-14-7-10-21(19,20)12-14/h2-6,14,17H,7-13H2,1H3. The Morgan fingerprint density at radius 2 is 2.10 bits per heavy atom. The van der Waals surface area contributed by atoms with Gasteiger partial charge in [0.1, 0.15) is 0 Å². The van der Waals surface area contributed by atoms with E-state index in [1.165, 1.54) is 5.56 Å². The largest absolute Gasteiger partial charge is 0.305 e. The van der Waals surface area contributed by atoms with E-state index in [1.54, 1.807) is 0 Å². The van der Waals surface area contributed by atoms with E-state index in [0.29, 0.717) is 17.4 Å². The number of hydrogen-bond acceptors (Lipinski definition) is 4. The minimum absolute atomic E-state index is 0.0447. The molecule has 3 rings (SSSR count). The molecule has 21 heavy (non-hydrogen) atoms. The molecule has 2 fully saturated rings. The van der Waals surface area contributed by atoms with E-state index in [4.69, 9.17) is 0 Å². The molecular formula is C16H24N2O2S. The Balaban J connectivity index is 1.66. The van der Waals surface area contributed by atoms with Gasteiger partial charge < -0.3 is 5.32 Å². The van der Waals surface area contributed by atoms with Crippen LogP contribution in [-0.2, 0) is 15.4 Å². The Morgan fingerprint density at radius 1 is 1.33 bits per heavy atom. The molecular weight excluding hydrogens is 284 g/mol. The van der Waals surface area contributed by atoms with E-state index in [9.17, 15) is 8.42 Å². The number of nitrogens with zero attached hydrogens (tertiary/aromatic N) is 1. The first-order valence-electron chi connectivity index (χ1n) is 7.70. The van der Waals surface area contributed by atoms with Gasteiger partial charge in [0.2, 0.25) is 0 Å². The first kappa shape index (κ1) is 15.0. The number of hydrogen-bond donors (Lipinski definition) is 1. The Bertz CT molecular complexity index is 588. The molecule has 0 radical (unpaired) electrons. The first-order chi connectivity index (χ1) is 9.97. The second kappa shape index (κ2) is 5.71. The molecule has 0 bridgehead atoms. The topological polar surface area (TPSA) is 49.4 Å². The van der Waals surface area contributed by atoms with Crippen molar-refractivity contribution in [3.05, 3.63) is 35.9 Å². The van der Waals surface area contributed by atoms with Crippen LogP contribution in [0.15, 0.2) is 30.3 Å². The van der Waals surface area contributed by atoms with Gasteiger partial charge in [-0.25, -0.2) is 8.42 Å². The molecule has 2 unspecified atom stereocenters. The Hall–Kier alpha value is -0.910. The maximum absolute atomic E-state index is 11.6. The fraction of sp³-hybridized carbons (Fsp3) is 0.625. The summed E-state index contributed by atoms with van der Waals surface area (Å²) in [6, 6.07) is 10.5. The highest BCUT2D eigenvalue weighted by Gasteiger charge is 2.35. The van der Waals surface area contributed by atoms with Crippen LogP contribution in [0.2, 0.25) is 0 Å². The highest BCUT2D eigenvalue weighted by atomic mass is 32.2. The van der Waals surface area contributed by atoms with Gasteiger partial charge in [0.15, 0.2) is 9.84 Å². The predicted octanol–water partition coefficient (Wildman–Crippen LogP) is 1.24. The van der Waals surface area contributed by atoms with Gasteiger partial charge in [-0.3, -0.25) is 4.90 Å². The summed E-state index contributed by atoms with van der Waals surface area (Å²) in [5.74, 6) is 1.06. The summed E-state index contributed by atoms with van der Waals surface area (Å²) in [5.41, 5.74) is 1.26. The van der Waals surface area contributed by atoms with Crippen LogP contribution in [0.1, 0.15) is 18.9 Å². The Kier molecular flexibility index (Phi) is 4.08. The van der Waals surface area contributed by atoms with Crippen LogP contribution in [0, 0.1) is 5.92 Å². The third kappa shape index (κ3) is 3.47. The van der Waals surface area contributed by atoms with Gasteiger partial charge in [0, 0.05) is 26.2 Å². The number of sulfone groups is 1. The van der Waals surface area contributed by atoms with Gasteiger partial charge in [0.25, 0.3) is 0 Å². The average molecular weight is 308 g/mol. The van der Waals surface area contributed by atoms with Gasteiger partial charge in [-0.05, 0) is 24.8 Å². The van der Waals surface area contributed by atoms with E-state index in [1.807, 2.05) is 6.07 Å². The van der Waals surface area contributed by atoms with Gasteiger partial charge in [-0.1, -0.05) is 30.3 Å². The molecule has 2 aliphatic heterocycles. The monoisotopic (exact) mass is 308 g/mol. The highest BCUT2D eigenvalue weighted by Crippen LogP contribution is 2.26. The maximum atomic E-state index is 11.6. The zero-order valence-electron chi connectivity index (χ0n) is 12.6. The molecule has 0 aromatic heterocycles. The lowest BCUT2D eigenvalue weighted by atomic mass is 9.89. The van der Waals surface area contributed by atoms with Crippen molar-refractivity contribution in [2.24, 2.45) is 5.92 Å². The zero-order chi connectivity index (χ0) is 14.9. The molecule has 0 aliphatic carbocycles. The van der Waals surface area contributed by atoms with Gasteiger partial charge in [-0.2, -0.15) is 0 Å². The summed E-state index contributed by atoms with van der Waals surface area (Å²) in [5, 5.41) is 3.62. The quantitative estimate of drug-likeness (QED) is 0.913. The zero-order valence-corrected chi connectivity index (χ0v) is 13.4. The first-order valence-corrected chi connectivity index (χ1v) is 9.52. The van der Waals surface area contributed by atoms with E-state index in [-0.39, 0.29) is 5.54 Å². The minimum Gasteiger partial charge on any atom is -0.305 e. The van der Waals surface area contributed by atoms with E-state index in [0.717, 1.165) is 32.6 Å². The van der Waals surface area contributed by atoms with E-state index < -0.39 is 9.84 Å². The maximum Gasteiger partial charge on any atom is 0.150 e. The summed E-state index contributed by atoms with van der Waals surface area (Å²) < 4.78 is 23.2. The number of piperazine rings is 1. The molecule has 2 aliphatic rings. The molecule has 5 heteroatoms. The highest BCUT2D eigenvalue weighted by molar-refractivity contribution is 7.91. The van der Waals surface area contributed by atoms with Gasteiger partial charge >= 0.3 is 0 Å². The molecule has 2 saturated heterocycles. The lowest BCUT2D eigenvalue weighted by molar-refractivity contribution is 0.128. The summed E-state index contributed by atoms with van der Waals surface area (Å²) >= 11 is 0. The minimum atomic E-state index is -2.77. The van der Waals surface area contributed by atoms with E-state index >= 15 is 0 Å². The third-order valence-corrected chi connectivity index (χ3v) is 6.57. The molecule has 0 saturated carbocycles. The summed E-state index contributed by atoms with van der Waals surface area (Å²) in [7, 11) is -2.77. The van der Waals surface area contributed by atoms with Crippen molar-refractivity contribution in [2.75, 3.05) is 37.7 Å². The fourth-order valence-corrected chi connectivity index (χ4v) is 5.46. The lowest BCUT2D eigenvalue weighted by Gasteiger charge is -2.42. The molecule has 116 valence electrons. The molecule has 0 spiro atoms. The van der Waals surface area contributed by atoms with Crippen molar-refractivity contribution in [3.63, 3.8) is 0 Å². The van der Waals surface area contributed by atoms with Crippen molar-refractivity contribution in [2.45, 2.75) is 18.9 Å². The van der Waals surface area contributed by atoms with Gasteiger partial charge in [-0.15, -0.1) is 0 Å². The van der Waals surface area contributed by atoms with Crippen molar-refractivity contribution >= 4 is 9.84 Å². The molecule has 1 aromatic carbocycles. The van der Waals surface area contributed by atoms with Crippen molar-refractivity contribution in [1.82, 2.24) is 10.2 Å². The summed E-state index contributed by atoms with van der Waals surface area (Å²) in [6.07, 6.45) is 0.828. The van der Waals surface area contributed by atoms with Crippen molar-refractivity contribution in [3.8, 4) is 0 Å². The summed E-state index contributed by atoms with van der Waals surface area (Å²) in [4.78, 5) is 2.43. The molecule has 2 heterocycles. The Morgan fingerprint density at radius 3 is 2.76 bits per heavy atom. The van der Waals surface area contributed by atoms with Crippen molar-refractivity contribution in [1.29, 1.82) is 0 Å². The van der Waals surface area contributed by atoms with Crippen LogP contribution >= 0.6 is 0 Å². The molecule has 4 nitrogen and oxygen atoms in total. The normalized spacial score (nSPS) is 33.1. The molecule has 1 N–H and O–H groups in total. The summed E-state index contributed by atoms with van der Waals surface area (Å²) in [6.45, 7) is 6.03. The Labute approximate surface area is 127 Å². The second-order valence-electron chi connectivity index (χ2n) is 6.63. The van der Waals surface area contributed by atoms with E-state index in [2.05, 4.69) is 41.4 Å². The third-order valence-electron chi connectivity index (χ3n) is 4.74. The molecule has 1 aromatic rings. The van der Waals surface area contributed by atoms with Crippen LogP contribution in [0.5, 0.6) is 0 Å². The smallest absolute Gasteiger partial charge is 0.150 e. The fourth-order valence-electron chi connectivity index (χ4n) is 3.61.